The highest BCUT2D eigenvalue weighted by Crippen LogP contribution is 2.39. The molecule has 0 aliphatic carbocycles. The monoisotopic (exact) mass is 523 g/mol. The van der Waals surface area contributed by atoms with Gasteiger partial charge in [-0.15, -0.1) is 0 Å². The smallest absolute Gasteiger partial charge is 0.408 e. The topological polar surface area (TPSA) is 73.9 Å². The average molecular weight is 524 g/mol. The van der Waals surface area contributed by atoms with Gasteiger partial charge in [0.2, 0.25) is 0 Å². The number of alkyl carbamates (subject to hydrolysis) is 1. The Bertz CT molecular complexity index is 1080. The van der Waals surface area contributed by atoms with Gasteiger partial charge in [0.05, 0.1) is 6.04 Å². The molecule has 2 aromatic rings. The first-order chi connectivity index (χ1) is 17.4. The number of carbonyl (C=O) groups is 2. The molecule has 2 rings (SSSR count). The van der Waals surface area contributed by atoms with Crippen LogP contribution in [0.5, 0.6) is 5.75 Å². The van der Waals surface area contributed by atoms with Gasteiger partial charge in [-0.1, -0.05) is 69.3 Å². The molecule has 2 unspecified atom stereocenters. The average Bonchev–Trinajstić information content (AvgIpc) is 2.76. The van der Waals surface area contributed by atoms with Gasteiger partial charge < -0.3 is 19.5 Å². The third kappa shape index (κ3) is 10.6. The highest BCUT2D eigenvalue weighted by molar-refractivity contribution is 5.88. The van der Waals surface area contributed by atoms with Crippen molar-refractivity contribution in [3.05, 3.63) is 77.4 Å². The SMILES string of the molecule is C/C(=C/C(NC(=O)OC(C)(C)C)C(c1ccc(OCc2ccccc2)cc1)C(C)(C)C)C(=O)OC(C)(C)C. The summed E-state index contributed by atoms with van der Waals surface area (Å²) in [6.45, 7) is 19.4. The summed E-state index contributed by atoms with van der Waals surface area (Å²) in [6, 6.07) is 17.4. The molecule has 0 saturated carbocycles. The van der Waals surface area contributed by atoms with Crippen LogP contribution in [0.25, 0.3) is 0 Å². The zero-order chi connectivity index (χ0) is 28.7. The van der Waals surface area contributed by atoms with Crippen molar-refractivity contribution in [1.82, 2.24) is 5.32 Å². The van der Waals surface area contributed by atoms with E-state index in [0.717, 1.165) is 16.9 Å². The molecule has 0 fully saturated rings. The number of carbonyl (C=O) groups excluding carboxylic acids is 2. The van der Waals surface area contributed by atoms with Crippen LogP contribution in [0.3, 0.4) is 0 Å². The number of hydrogen-bond donors (Lipinski definition) is 1. The van der Waals surface area contributed by atoms with E-state index < -0.39 is 29.3 Å². The highest BCUT2D eigenvalue weighted by Gasteiger charge is 2.35. The van der Waals surface area contributed by atoms with Crippen LogP contribution in [0.4, 0.5) is 4.79 Å². The summed E-state index contributed by atoms with van der Waals surface area (Å²) >= 11 is 0. The summed E-state index contributed by atoms with van der Waals surface area (Å²) in [4.78, 5) is 25.7. The molecule has 1 amide bonds. The molecular weight excluding hydrogens is 478 g/mol. The number of amides is 1. The van der Waals surface area contributed by atoms with Crippen LogP contribution >= 0.6 is 0 Å². The van der Waals surface area contributed by atoms with Crippen LogP contribution in [-0.4, -0.2) is 29.3 Å². The lowest BCUT2D eigenvalue weighted by Crippen LogP contribution is -2.45. The maximum absolute atomic E-state index is 12.9. The molecule has 2 aromatic carbocycles. The lowest BCUT2D eigenvalue weighted by atomic mass is 9.72. The third-order valence-electron chi connectivity index (χ3n) is 5.61. The Balaban J connectivity index is 2.40. The number of benzene rings is 2. The van der Waals surface area contributed by atoms with Gasteiger partial charge in [0.15, 0.2) is 0 Å². The number of hydrogen-bond acceptors (Lipinski definition) is 5. The molecular formula is C32H45NO5. The summed E-state index contributed by atoms with van der Waals surface area (Å²) in [5.74, 6) is 0.142. The van der Waals surface area contributed by atoms with Crippen molar-refractivity contribution in [3.63, 3.8) is 0 Å². The molecule has 0 heterocycles. The van der Waals surface area contributed by atoms with Crippen molar-refractivity contribution in [2.75, 3.05) is 0 Å². The van der Waals surface area contributed by atoms with E-state index in [1.54, 1.807) is 13.0 Å². The molecule has 38 heavy (non-hydrogen) atoms. The van der Waals surface area contributed by atoms with Crippen molar-refractivity contribution < 1.29 is 23.8 Å². The Morgan fingerprint density at radius 3 is 1.87 bits per heavy atom. The molecule has 1 N–H and O–H groups in total. The van der Waals surface area contributed by atoms with Crippen LogP contribution in [0.15, 0.2) is 66.2 Å². The van der Waals surface area contributed by atoms with E-state index in [-0.39, 0.29) is 11.3 Å². The number of esters is 1. The fourth-order valence-electron chi connectivity index (χ4n) is 4.12. The maximum atomic E-state index is 12.9. The van der Waals surface area contributed by atoms with E-state index in [0.29, 0.717) is 12.2 Å². The minimum Gasteiger partial charge on any atom is -0.489 e. The first kappa shape index (κ1) is 30.9. The molecule has 0 spiro atoms. The Morgan fingerprint density at radius 1 is 0.816 bits per heavy atom. The van der Waals surface area contributed by atoms with E-state index in [1.165, 1.54) is 0 Å². The van der Waals surface area contributed by atoms with Crippen LogP contribution in [-0.2, 0) is 20.9 Å². The fraction of sp³-hybridized carbons (Fsp3) is 0.500. The van der Waals surface area contributed by atoms with Crippen molar-refractivity contribution >= 4 is 12.1 Å². The summed E-state index contributed by atoms with van der Waals surface area (Å²) in [5, 5.41) is 3.01. The normalized spacial score (nSPS) is 14.3. The molecule has 0 aliphatic heterocycles. The number of ether oxygens (including phenoxy) is 3. The van der Waals surface area contributed by atoms with Crippen molar-refractivity contribution in [2.24, 2.45) is 5.41 Å². The second-order valence-electron chi connectivity index (χ2n) is 12.7. The second-order valence-corrected chi connectivity index (χ2v) is 12.7. The summed E-state index contributed by atoms with van der Waals surface area (Å²) in [6.07, 6.45) is 1.22. The van der Waals surface area contributed by atoms with Crippen molar-refractivity contribution in [3.8, 4) is 5.75 Å². The predicted octanol–water partition coefficient (Wildman–Crippen LogP) is 7.58. The molecule has 2 atom stereocenters. The standard InChI is InChI=1S/C32H45NO5/c1-22(28(34)37-31(5,6)7)20-26(33-29(35)38-32(8,9)10)27(30(2,3)4)24-16-18-25(19-17-24)36-21-23-14-12-11-13-15-23/h11-20,26-27H,21H2,1-10H3,(H,33,35)/b22-20-. The van der Waals surface area contributed by atoms with Crippen LogP contribution in [0.2, 0.25) is 0 Å². The number of nitrogens with one attached hydrogen (secondary N) is 1. The fourth-order valence-corrected chi connectivity index (χ4v) is 4.12. The van der Waals surface area contributed by atoms with Gasteiger partial charge >= 0.3 is 12.1 Å². The Labute approximate surface area is 228 Å². The lowest BCUT2D eigenvalue weighted by Gasteiger charge is -2.37. The van der Waals surface area contributed by atoms with E-state index in [1.807, 2.05) is 96.1 Å². The van der Waals surface area contributed by atoms with Gasteiger partial charge in [0.1, 0.15) is 23.6 Å². The summed E-state index contributed by atoms with van der Waals surface area (Å²) in [7, 11) is 0. The predicted molar refractivity (Wildman–Crippen MR) is 152 cm³/mol. The van der Waals surface area contributed by atoms with Crippen molar-refractivity contribution in [1.29, 1.82) is 0 Å². The Morgan fingerprint density at radius 2 is 1.37 bits per heavy atom. The summed E-state index contributed by atoms with van der Waals surface area (Å²) < 4.78 is 17.1. The molecule has 208 valence electrons. The molecule has 0 radical (unpaired) electrons. The van der Waals surface area contributed by atoms with E-state index >= 15 is 0 Å². The highest BCUT2D eigenvalue weighted by atomic mass is 16.6. The van der Waals surface area contributed by atoms with Gasteiger partial charge in [-0.25, -0.2) is 9.59 Å². The molecule has 0 saturated heterocycles. The van der Waals surface area contributed by atoms with E-state index in [2.05, 4.69) is 26.1 Å². The quantitative estimate of drug-likeness (QED) is 0.285. The third-order valence-corrected chi connectivity index (χ3v) is 5.61. The summed E-state index contributed by atoms with van der Waals surface area (Å²) in [5.41, 5.74) is 0.939. The molecule has 0 bridgehead atoms. The molecule has 0 aromatic heterocycles. The second kappa shape index (κ2) is 12.5. The van der Waals surface area contributed by atoms with Gasteiger partial charge in [0, 0.05) is 11.5 Å². The first-order valence-electron chi connectivity index (χ1n) is 13.1. The lowest BCUT2D eigenvalue weighted by molar-refractivity contribution is -0.149. The van der Waals surface area contributed by atoms with E-state index in [9.17, 15) is 9.59 Å². The minimum atomic E-state index is -0.659. The maximum Gasteiger partial charge on any atom is 0.408 e. The largest absolute Gasteiger partial charge is 0.489 e. The Hall–Kier alpha value is -3.28. The zero-order valence-electron chi connectivity index (χ0n) is 24.7. The zero-order valence-corrected chi connectivity index (χ0v) is 24.7. The Kier molecular flexibility index (Phi) is 10.2. The molecule has 6 heteroatoms. The van der Waals surface area contributed by atoms with Crippen molar-refractivity contribution in [2.45, 2.75) is 99.0 Å². The first-order valence-corrected chi connectivity index (χ1v) is 13.1. The molecule has 6 nitrogen and oxygen atoms in total. The van der Waals surface area contributed by atoms with Gasteiger partial charge in [0.25, 0.3) is 0 Å². The minimum absolute atomic E-state index is 0.185. The van der Waals surface area contributed by atoms with Gasteiger partial charge in [-0.3, -0.25) is 0 Å². The van der Waals surface area contributed by atoms with Crippen LogP contribution < -0.4 is 10.1 Å². The van der Waals surface area contributed by atoms with Gasteiger partial charge in [-0.05, 0) is 77.1 Å². The van der Waals surface area contributed by atoms with Gasteiger partial charge in [-0.2, -0.15) is 0 Å². The van der Waals surface area contributed by atoms with Crippen LogP contribution in [0.1, 0.15) is 86.3 Å². The van der Waals surface area contributed by atoms with Crippen LogP contribution in [0, 0.1) is 5.41 Å². The van der Waals surface area contributed by atoms with E-state index in [4.69, 9.17) is 14.2 Å². The number of rotatable bonds is 8. The molecule has 0 aliphatic rings.